The molecule has 1 aliphatic rings. The predicted molar refractivity (Wildman–Crippen MR) is 103 cm³/mol. The molecule has 134 valence electrons. The van der Waals surface area contributed by atoms with E-state index < -0.39 is 0 Å². The third-order valence-corrected chi connectivity index (χ3v) is 5.56. The zero-order chi connectivity index (χ0) is 17.6. The number of nitrogens with zero attached hydrogens (tertiary/aromatic N) is 3. The Morgan fingerprint density at radius 2 is 2.04 bits per heavy atom. The summed E-state index contributed by atoms with van der Waals surface area (Å²) in [6.45, 7) is 3.19. The molecule has 1 aliphatic heterocycles. The Hall–Kier alpha value is -1.48. The van der Waals surface area contributed by atoms with Crippen molar-refractivity contribution >= 4 is 28.5 Å². The molecule has 1 aromatic heterocycles. The van der Waals surface area contributed by atoms with Crippen LogP contribution in [-0.4, -0.2) is 26.9 Å². The first-order valence-electron chi connectivity index (χ1n) is 8.69. The minimum absolute atomic E-state index is 0.0838. The van der Waals surface area contributed by atoms with Gasteiger partial charge in [0.1, 0.15) is 15.5 Å². The van der Waals surface area contributed by atoms with Crippen LogP contribution in [0.15, 0.2) is 30.3 Å². The summed E-state index contributed by atoms with van der Waals surface area (Å²) >= 11 is 2.28. The predicted octanol–water partition coefficient (Wildman–Crippen LogP) is 3.22. The molecule has 0 radical (unpaired) electrons. The van der Waals surface area contributed by atoms with E-state index >= 15 is 0 Å². The molecule has 0 aliphatic carbocycles. The Labute approximate surface area is 161 Å². The monoisotopic (exact) mass is 454 g/mol. The normalized spacial score (nSPS) is 22.9. The minimum atomic E-state index is -0.228. The van der Waals surface area contributed by atoms with Crippen LogP contribution in [0.2, 0.25) is 0 Å². The van der Waals surface area contributed by atoms with E-state index in [0.717, 1.165) is 40.8 Å². The maximum atomic E-state index is 12.2. The van der Waals surface area contributed by atoms with Crippen LogP contribution >= 0.6 is 22.6 Å². The van der Waals surface area contributed by atoms with Crippen LogP contribution in [0.5, 0.6) is 0 Å². The second kappa shape index (κ2) is 8.75. The lowest BCUT2D eigenvalue weighted by molar-refractivity contribution is -0.123. The molecule has 2 bridgehead atoms. The number of amides is 1. The Kier molecular flexibility index (Phi) is 6.41. The fraction of sp³-hybridized carbons (Fsp3) is 0.500. The topological polar surface area (TPSA) is 69.0 Å². The van der Waals surface area contributed by atoms with Crippen LogP contribution in [-0.2, 0) is 22.7 Å². The van der Waals surface area contributed by atoms with Gasteiger partial charge < -0.3 is 10.1 Å². The van der Waals surface area contributed by atoms with E-state index in [1.54, 1.807) is 0 Å². The Morgan fingerprint density at radius 1 is 1.24 bits per heavy atom. The summed E-state index contributed by atoms with van der Waals surface area (Å²) in [5.74, 6) is 0.0838. The van der Waals surface area contributed by atoms with Crippen molar-refractivity contribution in [1.82, 2.24) is 20.3 Å². The fourth-order valence-electron chi connectivity index (χ4n) is 3.04. The number of hydrogen-bond acceptors (Lipinski definition) is 4. The van der Waals surface area contributed by atoms with E-state index in [0.29, 0.717) is 13.0 Å². The Morgan fingerprint density at radius 3 is 2.84 bits per heavy atom. The SMILES string of the molecule is C[C@@H]1NC(=O)CCCCCn2nnc(c2I)COC1c1ccccc1. The average Bonchev–Trinajstić information content (AvgIpc) is 2.95. The molecule has 25 heavy (non-hydrogen) atoms. The van der Waals surface area contributed by atoms with Gasteiger partial charge in [-0.2, -0.15) is 0 Å². The lowest BCUT2D eigenvalue weighted by Crippen LogP contribution is -2.38. The second-order valence-corrected chi connectivity index (χ2v) is 7.38. The molecule has 0 saturated heterocycles. The highest BCUT2D eigenvalue weighted by atomic mass is 127. The van der Waals surface area contributed by atoms with Gasteiger partial charge in [0.05, 0.1) is 12.6 Å². The van der Waals surface area contributed by atoms with Crippen LogP contribution in [0.4, 0.5) is 0 Å². The molecule has 1 amide bonds. The molecule has 1 N–H and O–H groups in total. The molecule has 2 atom stereocenters. The van der Waals surface area contributed by atoms with Gasteiger partial charge in [0, 0.05) is 13.0 Å². The lowest BCUT2D eigenvalue weighted by atomic mass is 10.0. The van der Waals surface area contributed by atoms with Gasteiger partial charge in [-0.3, -0.25) is 4.79 Å². The van der Waals surface area contributed by atoms with Crippen molar-refractivity contribution in [2.24, 2.45) is 0 Å². The Balaban J connectivity index is 1.84. The van der Waals surface area contributed by atoms with E-state index in [2.05, 4.69) is 38.2 Å². The number of halogens is 1. The molecule has 0 spiro atoms. The molecule has 3 rings (SSSR count). The molecule has 2 heterocycles. The maximum Gasteiger partial charge on any atom is 0.220 e. The average molecular weight is 454 g/mol. The summed E-state index contributed by atoms with van der Waals surface area (Å²) in [6, 6.07) is 9.88. The molecule has 0 fully saturated rings. The smallest absolute Gasteiger partial charge is 0.220 e. The van der Waals surface area contributed by atoms with E-state index in [9.17, 15) is 4.79 Å². The summed E-state index contributed by atoms with van der Waals surface area (Å²) in [4.78, 5) is 12.2. The second-order valence-electron chi connectivity index (χ2n) is 6.36. The van der Waals surface area contributed by atoms with Crippen molar-refractivity contribution in [2.75, 3.05) is 0 Å². The number of rotatable bonds is 1. The molecular weight excluding hydrogens is 431 g/mol. The molecule has 7 heteroatoms. The number of carbonyl (C=O) groups excluding carboxylic acids is 1. The molecular formula is C18H23IN4O2. The highest BCUT2D eigenvalue weighted by Gasteiger charge is 2.23. The number of nitrogens with one attached hydrogen (secondary N) is 1. The first-order valence-corrected chi connectivity index (χ1v) is 9.77. The van der Waals surface area contributed by atoms with Crippen molar-refractivity contribution in [3.63, 3.8) is 0 Å². The summed E-state index contributed by atoms with van der Waals surface area (Å²) < 4.78 is 9.13. The summed E-state index contributed by atoms with van der Waals surface area (Å²) in [5, 5.41) is 11.6. The number of fused-ring (bicyclic) bond motifs is 2. The van der Waals surface area contributed by atoms with Crippen molar-refractivity contribution in [3.05, 3.63) is 45.3 Å². The number of aromatic nitrogens is 3. The van der Waals surface area contributed by atoms with Crippen molar-refractivity contribution in [1.29, 1.82) is 0 Å². The highest BCUT2D eigenvalue weighted by molar-refractivity contribution is 14.1. The zero-order valence-corrected chi connectivity index (χ0v) is 16.5. The largest absolute Gasteiger partial charge is 0.365 e. The lowest BCUT2D eigenvalue weighted by Gasteiger charge is -2.25. The van der Waals surface area contributed by atoms with Gasteiger partial charge in [-0.05, 0) is 47.9 Å². The van der Waals surface area contributed by atoms with Gasteiger partial charge in [0.25, 0.3) is 0 Å². The van der Waals surface area contributed by atoms with Crippen LogP contribution < -0.4 is 5.32 Å². The van der Waals surface area contributed by atoms with Crippen molar-refractivity contribution in [3.8, 4) is 0 Å². The van der Waals surface area contributed by atoms with Crippen molar-refractivity contribution in [2.45, 2.75) is 57.9 Å². The van der Waals surface area contributed by atoms with E-state index in [4.69, 9.17) is 4.74 Å². The van der Waals surface area contributed by atoms with Gasteiger partial charge >= 0.3 is 0 Å². The first-order chi connectivity index (χ1) is 12.1. The van der Waals surface area contributed by atoms with Crippen LogP contribution in [0, 0.1) is 3.70 Å². The van der Waals surface area contributed by atoms with E-state index in [-0.39, 0.29) is 18.1 Å². The van der Waals surface area contributed by atoms with Crippen molar-refractivity contribution < 1.29 is 9.53 Å². The molecule has 2 aromatic rings. The quantitative estimate of drug-likeness (QED) is 0.673. The first kappa shape index (κ1) is 18.3. The van der Waals surface area contributed by atoms with E-state index in [1.807, 2.05) is 41.9 Å². The summed E-state index contributed by atoms with van der Waals surface area (Å²) in [7, 11) is 0. The van der Waals surface area contributed by atoms with Gasteiger partial charge in [0.15, 0.2) is 0 Å². The fourth-order valence-corrected chi connectivity index (χ4v) is 3.64. The summed E-state index contributed by atoms with van der Waals surface area (Å²) in [5.41, 5.74) is 1.89. The third kappa shape index (κ3) is 4.78. The van der Waals surface area contributed by atoms with Crippen LogP contribution in [0.25, 0.3) is 0 Å². The number of carbonyl (C=O) groups is 1. The molecule has 1 aromatic carbocycles. The van der Waals surface area contributed by atoms with Crippen LogP contribution in [0.1, 0.15) is 50.0 Å². The highest BCUT2D eigenvalue weighted by Crippen LogP contribution is 2.24. The minimum Gasteiger partial charge on any atom is -0.365 e. The van der Waals surface area contributed by atoms with E-state index in [1.165, 1.54) is 0 Å². The number of benzene rings is 1. The third-order valence-electron chi connectivity index (χ3n) is 4.38. The van der Waals surface area contributed by atoms with Crippen LogP contribution in [0.3, 0.4) is 0 Å². The van der Waals surface area contributed by atoms with Gasteiger partial charge in [-0.25, -0.2) is 4.68 Å². The molecule has 6 nitrogen and oxygen atoms in total. The summed E-state index contributed by atoms with van der Waals surface area (Å²) in [6.07, 6.45) is 3.20. The van der Waals surface area contributed by atoms with Gasteiger partial charge in [0.2, 0.25) is 5.91 Å². The number of hydrogen-bond donors (Lipinski definition) is 1. The Bertz CT molecular complexity index is 704. The maximum absolute atomic E-state index is 12.2. The zero-order valence-electron chi connectivity index (χ0n) is 14.3. The van der Waals surface area contributed by atoms with Gasteiger partial charge in [-0.15, -0.1) is 5.10 Å². The number of ether oxygens (including phenoxy) is 1. The standard InChI is InChI=1S/C18H23IN4O2/c1-13-17(14-8-4-2-5-9-14)25-12-15-18(19)23(22-21-15)11-7-3-6-10-16(24)20-13/h2,4-5,8-9,13,17H,3,6-7,10-12H2,1H3,(H,20,24)/t13-,17?/m0/s1. The number of aryl methyl sites for hydroxylation is 1. The molecule has 0 saturated carbocycles. The van der Waals surface area contributed by atoms with Gasteiger partial charge in [-0.1, -0.05) is 42.0 Å². The molecule has 1 unspecified atom stereocenters.